The van der Waals surface area contributed by atoms with Crippen molar-refractivity contribution in [1.29, 1.82) is 0 Å². The molecule has 1 heterocycles. The Balaban J connectivity index is 1.93. The summed E-state index contributed by atoms with van der Waals surface area (Å²) in [5.41, 5.74) is 1.62. The van der Waals surface area contributed by atoms with Gasteiger partial charge in [-0.05, 0) is 41.8 Å². The molecule has 1 aliphatic heterocycles. The van der Waals surface area contributed by atoms with E-state index in [-0.39, 0.29) is 11.9 Å². The van der Waals surface area contributed by atoms with Crippen LogP contribution in [0.5, 0.6) is 0 Å². The number of rotatable bonds is 4. The Hall–Kier alpha value is -0.940. The van der Waals surface area contributed by atoms with Crippen LogP contribution in [-0.4, -0.2) is 17.5 Å². The highest BCUT2D eigenvalue weighted by Crippen LogP contribution is 2.32. The van der Waals surface area contributed by atoms with E-state index in [0.29, 0.717) is 21.5 Å². The Labute approximate surface area is 159 Å². The molecule has 3 rings (SSSR count). The Morgan fingerprint density at radius 1 is 1.21 bits per heavy atom. The highest BCUT2D eigenvalue weighted by Gasteiger charge is 2.20. The Kier molecular flexibility index (Phi) is 5.93. The zero-order valence-corrected chi connectivity index (χ0v) is 15.6. The molecule has 0 saturated heterocycles. The third-order valence-electron chi connectivity index (χ3n) is 3.60. The molecule has 0 spiro atoms. The minimum absolute atomic E-state index is 0.182. The van der Waals surface area contributed by atoms with Crippen LogP contribution in [0.25, 0.3) is 0 Å². The molecule has 0 aliphatic carbocycles. The maximum Gasteiger partial charge on any atom is 0.157 e. The third-order valence-corrected chi connectivity index (χ3v) is 5.56. The van der Waals surface area contributed by atoms with Crippen LogP contribution in [0.4, 0.5) is 4.39 Å². The standard InChI is InChI=1S/C17H14Cl3FN2S/c18-11-6-10(7-12(21)9-11)8-15(23-17-22-4-5-24-17)13-2-1-3-14(19)16(13)20/h1-3,6-7,9,15H,4-5,8H2,(H,22,23). The fraction of sp³-hybridized carbons (Fsp3) is 0.235. The van der Waals surface area contributed by atoms with E-state index in [1.165, 1.54) is 12.1 Å². The second kappa shape index (κ2) is 7.96. The predicted octanol–water partition coefficient (Wildman–Crippen LogP) is 5.76. The number of thioether (sulfide) groups is 1. The fourth-order valence-electron chi connectivity index (χ4n) is 2.56. The number of aliphatic imine (C=N–C) groups is 1. The smallest absolute Gasteiger partial charge is 0.157 e. The van der Waals surface area contributed by atoms with Crippen molar-refractivity contribution in [2.75, 3.05) is 12.3 Å². The average molecular weight is 404 g/mol. The van der Waals surface area contributed by atoms with Gasteiger partial charge in [-0.3, -0.25) is 4.99 Å². The second-order valence-corrected chi connectivity index (χ2v) is 7.66. The van der Waals surface area contributed by atoms with Gasteiger partial charge in [0.1, 0.15) is 5.82 Å². The first-order valence-corrected chi connectivity index (χ1v) is 9.47. The molecule has 0 bridgehead atoms. The van der Waals surface area contributed by atoms with Crippen LogP contribution in [0.1, 0.15) is 17.2 Å². The lowest BCUT2D eigenvalue weighted by Crippen LogP contribution is -2.27. The van der Waals surface area contributed by atoms with Crippen LogP contribution < -0.4 is 5.32 Å². The summed E-state index contributed by atoms with van der Waals surface area (Å²) >= 11 is 20.2. The molecular weight excluding hydrogens is 390 g/mol. The highest BCUT2D eigenvalue weighted by atomic mass is 35.5. The molecule has 0 amide bonds. The number of hydrogen-bond donors (Lipinski definition) is 1. The lowest BCUT2D eigenvalue weighted by molar-refractivity contribution is 0.614. The van der Waals surface area contributed by atoms with E-state index in [1.807, 2.05) is 12.1 Å². The Morgan fingerprint density at radius 2 is 2.04 bits per heavy atom. The molecule has 1 N–H and O–H groups in total. The number of nitrogens with one attached hydrogen (secondary N) is 1. The zero-order valence-electron chi connectivity index (χ0n) is 12.5. The summed E-state index contributed by atoms with van der Waals surface area (Å²) in [6.07, 6.45) is 0.511. The van der Waals surface area contributed by atoms with Crippen LogP contribution >= 0.6 is 46.6 Å². The van der Waals surface area contributed by atoms with Crippen LogP contribution in [0.15, 0.2) is 41.4 Å². The van der Waals surface area contributed by atoms with Crippen molar-refractivity contribution >= 4 is 51.7 Å². The minimum atomic E-state index is -0.360. The number of amidine groups is 1. The molecule has 0 aromatic heterocycles. The quantitative estimate of drug-likeness (QED) is 0.701. The monoisotopic (exact) mass is 402 g/mol. The summed E-state index contributed by atoms with van der Waals surface area (Å²) in [5, 5.41) is 5.59. The molecule has 0 fully saturated rings. The lowest BCUT2D eigenvalue weighted by atomic mass is 9.99. The molecular formula is C17H14Cl3FN2S. The number of hydrogen-bond acceptors (Lipinski definition) is 3. The van der Waals surface area contributed by atoms with E-state index >= 15 is 0 Å². The van der Waals surface area contributed by atoms with Crippen molar-refractivity contribution in [3.05, 3.63) is 68.4 Å². The molecule has 2 nitrogen and oxygen atoms in total. The molecule has 2 aromatic carbocycles. The maximum absolute atomic E-state index is 13.6. The summed E-state index contributed by atoms with van der Waals surface area (Å²) in [4.78, 5) is 4.42. The van der Waals surface area contributed by atoms with Gasteiger partial charge in [0, 0.05) is 10.8 Å². The fourth-order valence-corrected chi connectivity index (χ4v) is 4.03. The lowest BCUT2D eigenvalue weighted by Gasteiger charge is -2.22. The van der Waals surface area contributed by atoms with Crippen molar-refractivity contribution in [2.45, 2.75) is 12.5 Å². The number of benzene rings is 2. The van der Waals surface area contributed by atoms with Gasteiger partial charge in [0.25, 0.3) is 0 Å². The SMILES string of the molecule is Fc1cc(Cl)cc(CC(NC2=NCCS2)c2cccc(Cl)c2Cl)c1. The summed E-state index contributed by atoms with van der Waals surface area (Å²) in [7, 11) is 0. The van der Waals surface area contributed by atoms with Gasteiger partial charge in [0.2, 0.25) is 0 Å². The average Bonchev–Trinajstić information content (AvgIpc) is 3.01. The van der Waals surface area contributed by atoms with Crippen molar-refractivity contribution in [3.8, 4) is 0 Å². The summed E-state index contributed by atoms with van der Waals surface area (Å²) < 4.78 is 13.6. The molecule has 0 radical (unpaired) electrons. The molecule has 1 unspecified atom stereocenters. The maximum atomic E-state index is 13.6. The van der Waals surface area contributed by atoms with Crippen LogP contribution in [0.2, 0.25) is 15.1 Å². The van der Waals surface area contributed by atoms with E-state index < -0.39 is 0 Å². The van der Waals surface area contributed by atoms with Gasteiger partial charge < -0.3 is 5.32 Å². The third kappa shape index (κ3) is 4.37. The van der Waals surface area contributed by atoms with Crippen molar-refractivity contribution in [1.82, 2.24) is 5.32 Å². The predicted molar refractivity (Wildman–Crippen MR) is 102 cm³/mol. The van der Waals surface area contributed by atoms with Crippen LogP contribution in [0.3, 0.4) is 0 Å². The summed E-state index contributed by atoms with van der Waals surface area (Å²) in [5.74, 6) is 0.588. The molecule has 1 aliphatic rings. The molecule has 7 heteroatoms. The topological polar surface area (TPSA) is 24.4 Å². The summed E-state index contributed by atoms with van der Waals surface area (Å²) in [6.45, 7) is 0.786. The number of nitrogens with zero attached hydrogens (tertiary/aromatic N) is 1. The molecule has 126 valence electrons. The van der Waals surface area contributed by atoms with Gasteiger partial charge in [0.05, 0.1) is 22.6 Å². The zero-order chi connectivity index (χ0) is 17.1. The first-order valence-electron chi connectivity index (χ1n) is 7.35. The van der Waals surface area contributed by atoms with E-state index in [9.17, 15) is 4.39 Å². The number of halogens is 4. The van der Waals surface area contributed by atoms with Crippen LogP contribution in [-0.2, 0) is 6.42 Å². The van der Waals surface area contributed by atoms with Gasteiger partial charge in [-0.1, -0.05) is 58.7 Å². The van der Waals surface area contributed by atoms with Gasteiger partial charge in [0.15, 0.2) is 5.17 Å². The van der Waals surface area contributed by atoms with Gasteiger partial charge in [-0.2, -0.15) is 0 Å². The second-order valence-electron chi connectivity index (χ2n) is 5.36. The summed E-state index contributed by atoms with van der Waals surface area (Å²) in [6, 6.07) is 9.83. The van der Waals surface area contributed by atoms with Crippen LogP contribution in [0, 0.1) is 5.82 Å². The Bertz CT molecular complexity index is 762. The first-order chi connectivity index (χ1) is 11.5. The van der Waals surface area contributed by atoms with Crippen molar-refractivity contribution in [3.63, 3.8) is 0 Å². The highest BCUT2D eigenvalue weighted by molar-refractivity contribution is 8.14. The molecule has 24 heavy (non-hydrogen) atoms. The van der Waals surface area contributed by atoms with E-state index in [0.717, 1.165) is 28.6 Å². The van der Waals surface area contributed by atoms with E-state index in [2.05, 4.69) is 10.3 Å². The normalized spacial score (nSPS) is 15.2. The van der Waals surface area contributed by atoms with Gasteiger partial charge >= 0.3 is 0 Å². The largest absolute Gasteiger partial charge is 0.358 e. The molecule has 0 saturated carbocycles. The molecule has 2 aromatic rings. The van der Waals surface area contributed by atoms with E-state index in [1.54, 1.807) is 23.9 Å². The van der Waals surface area contributed by atoms with Gasteiger partial charge in [-0.15, -0.1) is 0 Å². The van der Waals surface area contributed by atoms with Crippen molar-refractivity contribution in [2.24, 2.45) is 4.99 Å². The minimum Gasteiger partial charge on any atom is -0.358 e. The van der Waals surface area contributed by atoms with Gasteiger partial charge in [-0.25, -0.2) is 4.39 Å². The van der Waals surface area contributed by atoms with E-state index in [4.69, 9.17) is 34.8 Å². The Morgan fingerprint density at radius 3 is 2.75 bits per heavy atom. The molecule has 1 atom stereocenters. The van der Waals surface area contributed by atoms with Crippen molar-refractivity contribution < 1.29 is 4.39 Å². The first kappa shape index (κ1) is 17.9.